The molecule has 0 amide bonds. The highest BCUT2D eigenvalue weighted by molar-refractivity contribution is 5.03. The third-order valence-electron chi connectivity index (χ3n) is 3.01. The standard InChI is InChI=1S/C12H19N3/c13-10-4-5-12(9-10)15-8-6-11-3-1-2-7-14-11/h1-3,7,10,12,15H,4-6,8-9,13H2. The van der Waals surface area contributed by atoms with E-state index in [1.807, 2.05) is 18.3 Å². The molecule has 0 aromatic carbocycles. The van der Waals surface area contributed by atoms with Crippen molar-refractivity contribution in [2.45, 2.75) is 37.8 Å². The molecule has 1 aromatic heterocycles. The molecule has 0 spiro atoms. The van der Waals surface area contributed by atoms with Crippen LogP contribution in [0.5, 0.6) is 0 Å². The van der Waals surface area contributed by atoms with Crippen molar-refractivity contribution in [1.29, 1.82) is 0 Å². The number of aromatic nitrogens is 1. The van der Waals surface area contributed by atoms with Gasteiger partial charge in [0.05, 0.1) is 0 Å². The topological polar surface area (TPSA) is 50.9 Å². The highest BCUT2D eigenvalue weighted by Crippen LogP contribution is 2.16. The van der Waals surface area contributed by atoms with Crippen molar-refractivity contribution in [2.75, 3.05) is 6.54 Å². The highest BCUT2D eigenvalue weighted by atomic mass is 14.9. The van der Waals surface area contributed by atoms with Gasteiger partial charge in [-0.05, 0) is 31.4 Å². The smallest absolute Gasteiger partial charge is 0.0416 e. The van der Waals surface area contributed by atoms with Crippen molar-refractivity contribution in [1.82, 2.24) is 10.3 Å². The van der Waals surface area contributed by atoms with Crippen molar-refractivity contribution in [2.24, 2.45) is 5.73 Å². The fraction of sp³-hybridized carbons (Fsp3) is 0.583. The van der Waals surface area contributed by atoms with Crippen LogP contribution in [0.3, 0.4) is 0 Å². The van der Waals surface area contributed by atoms with Gasteiger partial charge in [0.25, 0.3) is 0 Å². The predicted molar refractivity (Wildman–Crippen MR) is 61.6 cm³/mol. The summed E-state index contributed by atoms with van der Waals surface area (Å²) in [6.45, 7) is 1.01. The monoisotopic (exact) mass is 205 g/mol. The van der Waals surface area contributed by atoms with Gasteiger partial charge in [-0.15, -0.1) is 0 Å². The van der Waals surface area contributed by atoms with Crippen LogP contribution in [0.2, 0.25) is 0 Å². The SMILES string of the molecule is NC1CCC(NCCc2ccccn2)C1. The summed E-state index contributed by atoms with van der Waals surface area (Å²) in [6.07, 6.45) is 6.38. The Balaban J connectivity index is 1.67. The van der Waals surface area contributed by atoms with Gasteiger partial charge in [-0.25, -0.2) is 0 Å². The van der Waals surface area contributed by atoms with Gasteiger partial charge in [0.2, 0.25) is 0 Å². The van der Waals surface area contributed by atoms with E-state index in [-0.39, 0.29) is 0 Å². The lowest BCUT2D eigenvalue weighted by atomic mass is 10.2. The third kappa shape index (κ3) is 3.29. The van der Waals surface area contributed by atoms with Crippen LogP contribution in [0.15, 0.2) is 24.4 Å². The Morgan fingerprint density at radius 3 is 3.00 bits per heavy atom. The first kappa shape index (κ1) is 10.6. The summed E-state index contributed by atoms with van der Waals surface area (Å²) in [5.41, 5.74) is 7.02. The maximum absolute atomic E-state index is 5.86. The van der Waals surface area contributed by atoms with E-state index in [2.05, 4.69) is 16.4 Å². The lowest BCUT2D eigenvalue weighted by Crippen LogP contribution is -2.30. The molecule has 3 nitrogen and oxygen atoms in total. The van der Waals surface area contributed by atoms with E-state index in [1.165, 1.54) is 12.8 Å². The average Bonchev–Trinajstić information content (AvgIpc) is 2.66. The molecule has 2 rings (SSSR count). The molecular formula is C12H19N3. The summed E-state index contributed by atoms with van der Waals surface area (Å²) in [7, 11) is 0. The van der Waals surface area contributed by atoms with Crippen LogP contribution < -0.4 is 11.1 Å². The van der Waals surface area contributed by atoms with Gasteiger partial charge in [-0.2, -0.15) is 0 Å². The van der Waals surface area contributed by atoms with E-state index in [0.29, 0.717) is 12.1 Å². The molecule has 15 heavy (non-hydrogen) atoms. The lowest BCUT2D eigenvalue weighted by molar-refractivity contribution is 0.518. The molecule has 0 bridgehead atoms. The summed E-state index contributed by atoms with van der Waals surface area (Å²) in [4.78, 5) is 4.29. The van der Waals surface area contributed by atoms with E-state index in [1.54, 1.807) is 0 Å². The van der Waals surface area contributed by atoms with Crippen LogP contribution >= 0.6 is 0 Å². The zero-order valence-electron chi connectivity index (χ0n) is 9.02. The summed E-state index contributed by atoms with van der Waals surface area (Å²) < 4.78 is 0. The maximum Gasteiger partial charge on any atom is 0.0416 e. The second kappa shape index (κ2) is 5.24. The number of hydrogen-bond donors (Lipinski definition) is 2. The van der Waals surface area contributed by atoms with E-state index < -0.39 is 0 Å². The largest absolute Gasteiger partial charge is 0.328 e. The lowest BCUT2D eigenvalue weighted by Gasteiger charge is -2.11. The Kier molecular flexibility index (Phi) is 3.69. The van der Waals surface area contributed by atoms with Crippen molar-refractivity contribution >= 4 is 0 Å². The Bertz CT molecular complexity index is 286. The zero-order chi connectivity index (χ0) is 10.5. The average molecular weight is 205 g/mol. The van der Waals surface area contributed by atoms with Crippen LogP contribution in [-0.4, -0.2) is 23.6 Å². The first-order valence-corrected chi connectivity index (χ1v) is 5.73. The Morgan fingerprint density at radius 1 is 1.40 bits per heavy atom. The molecule has 1 saturated carbocycles. The summed E-state index contributed by atoms with van der Waals surface area (Å²) in [6, 6.07) is 7.10. The molecule has 1 aliphatic rings. The third-order valence-corrected chi connectivity index (χ3v) is 3.01. The van der Waals surface area contributed by atoms with Gasteiger partial charge in [0, 0.05) is 36.9 Å². The molecule has 3 N–H and O–H groups in total. The second-order valence-corrected chi connectivity index (χ2v) is 4.30. The van der Waals surface area contributed by atoms with Crippen LogP contribution in [0.4, 0.5) is 0 Å². The molecule has 1 aliphatic carbocycles. The molecule has 2 unspecified atom stereocenters. The number of nitrogens with zero attached hydrogens (tertiary/aromatic N) is 1. The molecule has 0 saturated heterocycles. The van der Waals surface area contributed by atoms with Gasteiger partial charge < -0.3 is 11.1 Å². The van der Waals surface area contributed by atoms with Crippen LogP contribution in [0, 0.1) is 0 Å². The number of pyridine rings is 1. The van der Waals surface area contributed by atoms with Crippen molar-refractivity contribution < 1.29 is 0 Å². The number of rotatable bonds is 4. The van der Waals surface area contributed by atoms with E-state index in [4.69, 9.17) is 5.73 Å². The van der Waals surface area contributed by atoms with E-state index >= 15 is 0 Å². The Labute approximate surface area is 91.1 Å². The van der Waals surface area contributed by atoms with Crippen molar-refractivity contribution in [3.05, 3.63) is 30.1 Å². The molecule has 82 valence electrons. The first-order valence-electron chi connectivity index (χ1n) is 5.73. The molecule has 0 aliphatic heterocycles. The maximum atomic E-state index is 5.86. The first-order chi connectivity index (χ1) is 7.34. The van der Waals surface area contributed by atoms with Gasteiger partial charge >= 0.3 is 0 Å². The molecule has 1 fully saturated rings. The second-order valence-electron chi connectivity index (χ2n) is 4.30. The van der Waals surface area contributed by atoms with Crippen LogP contribution in [-0.2, 0) is 6.42 Å². The van der Waals surface area contributed by atoms with Crippen molar-refractivity contribution in [3.63, 3.8) is 0 Å². The minimum atomic E-state index is 0.414. The highest BCUT2D eigenvalue weighted by Gasteiger charge is 2.20. The van der Waals surface area contributed by atoms with Crippen LogP contribution in [0.1, 0.15) is 25.0 Å². The fourth-order valence-corrected chi connectivity index (χ4v) is 2.15. The number of nitrogens with two attached hydrogens (primary N) is 1. The summed E-state index contributed by atoms with van der Waals surface area (Å²) in [5, 5.41) is 3.54. The number of hydrogen-bond acceptors (Lipinski definition) is 3. The molecule has 1 heterocycles. The van der Waals surface area contributed by atoms with Crippen LogP contribution in [0.25, 0.3) is 0 Å². The molecule has 3 heteroatoms. The summed E-state index contributed by atoms with van der Waals surface area (Å²) in [5.74, 6) is 0. The Hall–Kier alpha value is -0.930. The van der Waals surface area contributed by atoms with E-state index in [9.17, 15) is 0 Å². The van der Waals surface area contributed by atoms with Gasteiger partial charge in [0.1, 0.15) is 0 Å². The van der Waals surface area contributed by atoms with E-state index in [0.717, 1.165) is 25.1 Å². The molecule has 1 aromatic rings. The number of nitrogens with one attached hydrogen (secondary N) is 1. The minimum Gasteiger partial charge on any atom is -0.328 e. The van der Waals surface area contributed by atoms with Gasteiger partial charge in [-0.3, -0.25) is 4.98 Å². The van der Waals surface area contributed by atoms with Crippen molar-refractivity contribution in [3.8, 4) is 0 Å². The zero-order valence-corrected chi connectivity index (χ0v) is 9.02. The minimum absolute atomic E-state index is 0.414. The molecule has 2 atom stereocenters. The van der Waals surface area contributed by atoms with Gasteiger partial charge in [-0.1, -0.05) is 6.07 Å². The summed E-state index contributed by atoms with van der Waals surface area (Å²) >= 11 is 0. The van der Waals surface area contributed by atoms with Gasteiger partial charge in [0.15, 0.2) is 0 Å². The molecule has 0 radical (unpaired) electrons. The quantitative estimate of drug-likeness (QED) is 0.773. The molecular weight excluding hydrogens is 186 g/mol. The predicted octanol–water partition coefficient (Wildman–Crippen LogP) is 1.09. The normalized spacial score (nSPS) is 25.7. The Morgan fingerprint density at radius 2 is 2.33 bits per heavy atom. The fourth-order valence-electron chi connectivity index (χ4n) is 2.15.